The van der Waals surface area contributed by atoms with Crippen LogP contribution >= 0.6 is 0 Å². The zero-order valence-corrected chi connectivity index (χ0v) is 15.5. The van der Waals surface area contributed by atoms with E-state index in [1.54, 1.807) is 24.3 Å². The lowest BCUT2D eigenvalue weighted by atomic mass is 10.1. The molecular weight excluding hydrogens is 370 g/mol. The molecule has 1 amide bonds. The van der Waals surface area contributed by atoms with E-state index in [4.69, 9.17) is 4.42 Å². The van der Waals surface area contributed by atoms with Gasteiger partial charge in [0.1, 0.15) is 23.2 Å². The quantitative estimate of drug-likeness (QED) is 0.287. The molecule has 0 radical (unpaired) electrons. The molecular formula is C22H17N3O4. The summed E-state index contributed by atoms with van der Waals surface area (Å²) in [5, 5.41) is 23.1. The van der Waals surface area contributed by atoms with E-state index in [1.165, 1.54) is 18.2 Å². The number of rotatable bonds is 6. The van der Waals surface area contributed by atoms with Crippen LogP contribution in [0.3, 0.4) is 0 Å². The molecule has 1 atom stereocenters. The maximum atomic E-state index is 12.4. The van der Waals surface area contributed by atoms with Gasteiger partial charge < -0.3 is 9.73 Å². The maximum absolute atomic E-state index is 12.4. The van der Waals surface area contributed by atoms with E-state index in [0.29, 0.717) is 17.1 Å². The summed E-state index contributed by atoms with van der Waals surface area (Å²) in [6.45, 7) is 1.83. The van der Waals surface area contributed by atoms with Gasteiger partial charge in [-0.2, -0.15) is 5.26 Å². The summed E-state index contributed by atoms with van der Waals surface area (Å²) >= 11 is 0. The van der Waals surface area contributed by atoms with Gasteiger partial charge in [-0.15, -0.1) is 0 Å². The molecule has 0 saturated carbocycles. The third kappa shape index (κ3) is 4.76. The number of carbonyl (C=O) groups is 1. The van der Waals surface area contributed by atoms with Crippen LogP contribution in [0.5, 0.6) is 0 Å². The lowest BCUT2D eigenvalue weighted by molar-refractivity contribution is -0.384. The molecule has 3 aromatic rings. The van der Waals surface area contributed by atoms with Crippen LogP contribution in [-0.4, -0.2) is 10.8 Å². The lowest BCUT2D eigenvalue weighted by Gasteiger charge is -2.13. The van der Waals surface area contributed by atoms with Crippen molar-refractivity contribution in [2.75, 3.05) is 0 Å². The maximum Gasteiger partial charge on any atom is 0.270 e. The fraction of sp³-hybridized carbons (Fsp3) is 0.0909. The number of benzene rings is 2. The minimum absolute atomic E-state index is 0.0528. The van der Waals surface area contributed by atoms with E-state index in [-0.39, 0.29) is 17.3 Å². The molecule has 2 aromatic carbocycles. The van der Waals surface area contributed by atoms with E-state index in [1.807, 2.05) is 43.3 Å². The normalized spacial score (nSPS) is 12.1. The van der Waals surface area contributed by atoms with Crippen molar-refractivity contribution in [3.63, 3.8) is 0 Å². The first-order chi connectivity index (χ1) is 14.0. The Bertz CT molecular complexity index is 1110. The SMILES string of the molecule is C[C@@H](NC(=O)/C(C#N)=C/c1ccc(-c2cccc([N+](=O)[O-])c2)o1)c1ccccc1. The second kappa shape index (κ2) is 8.67. The van der Waals surface area contributed by atoms with E-state index < -0.39 is 10.8 Å². The van der Waals surface area contributed by atoms with Crippen molar-refractivity contribution in [1.29, 1.82) is 5.26 Å². The smallest absolute Gasteiger partial charge is 0.270 e. The number of non-ortho nitro benzene ring substituents is 1. The molecule has 144 valence electrons. The Morgan fingerprint density at radius 3 is 2.62 bits per heavy atom. The van der Waals surface area contributed by atoms with Crippen LogP contribution in [-0.2, 0) is 4.79 Å². The van der Waals surface area contributed by atoms with Gasteiger partial charge in [-0.25, -0.2) is 0 Å². The Morgan fingerprint density at radius 2 is 1.93 bits per heavy atom. The molecule has 3 rings (SSSR count). The average Bonchev–Trinajstić information content (AvgIpc) is 3.21. The molecule has 7 nitrogen and oxygen atoms in total. The van der Waals surface area contributed by atoms with Crippen LogP contribution in [0.2, 0.25) is 0 Å². The number of nitro benzene ring substituents is 1. The number of amides is 1. The predicted molar refractivity (Wildman–Crippen MR) is 107 cm³/mol. The van der Waals surface area contributed by atoms with Crippen molar-refractivity contribution in [3.8, 4) is 17.4 Å². The van der Waals surface area contributed by atoms with E-state index in [9.17, 15) is 20.2 Å². The molecule has 0 bridgehead atoms. The second-order valence-electron chi connectivity index (χ2n) is 6.29. The third-order valence-electron chi connectivity index (χ3n) is 4.27. The summed E-state index contributed by atoms with van der Waals surface area (Å²) in [6, 6.07) is 20.3. The van der Waals surface area contributed by atoms with Gasteiger partial charge in [0.25, 0.3) is 11.6 Å². The number of furan rings is 1. The van der Waals surface area contributed by atoms with Gasteiger partial charge in [0, 0.05) is 23.8 Å². The Kier molecular flexibility index (Phi) is 5.85. The Labute approximate surface area is 167 Å². The molecule has 7 heteroatoms. The Balaban J connectivity index is 1.78. The number of nitrogens with one attached hydrogen (secondary N) is 1. The number of nitro groups is 1. The molecule has 1 heterocycles. The molecule has 1 aromatic heterocycles. The highest BCUT2D eigenvalue weighted by molar-refractivity contribution is 6.01. The summed E-state index contributed by atoms with van der Waals surface area (Å²) in [4.78, 5) is 22.9. The highest BCUT2D eigenvalue weighted by Crippen LogP contribution is 2.26. The number of hydrogen-bond acceptors (Lipinski definition) is 5. The van der Waals surface area contributed by atoms with Crippen molar-refractivity contribution in [2.45, 2.75) is 13.0 Å². The highest BCUT2D eigenvalue weighted by atomic mass is 16.6. The molecule has 0 unspecified atom stereocenters. The lowest BCUT2D eigenvalue weighted by Crippen LogP contribution is -2.27. The number of nitriles is 1. The monoisotopic (exact) mass is 387 g/mol. The van der Waals surface area contributed by atoms with Gasteiger partial charge in [0.2, 0.25) is 0 Å². The number of nitrogens with zero attached hydrogens (tertiary/aromatic N) is 2. The van der Waals surface area contributed by atoms with Gasteiger partial charge in [-0.05, 0) is 24.6 Å². The van der Waals surface area contributed by atoms with Crippen LogP contribution < -0.4 is 5.32 Å². The van der Waals surface area contributed by atoms with E-state index in [2.05, 4.69) is 5.32 Å². The molecule has 0 aliphatic carbocycles. The van der Waals surface area contributed by atoms with Crippen LogP contribution in [0.4, 0.5) is 5.69 Å². The number of carbonyl (C=O) groups excluding carboxylic acids is 1. The fourth-order valence-corrected chi connectivity index (χ4v) is 2.75. The van der Waals surface area contributed by atoms with Gasteiger partial charge >= 0.3 is 0 Å². The predicted octanol–water partition coefficient (Wildman–Crippen LogP) is 4.64. The minimum Gasteiger partial charge on any atom is -0.457 e. The molecule has 0 saturated heterocycles. The van der Waals surface area contributed by atoms with Gasteiger partial charge in [-0.1, -0.05) is 42.5 Å². The second-order valence-corrected chi connectivity index (χ2v) is 6.29. The molecule has 0 spiro atoms. The minimum atomic E-state index is -0.517. The first-order valence-electron chi connectivity index (χ1n) is 8.80. The summed E-state index contributed by atoms with van der Waals surface area (Å²) in [5.41, 5.74) is 1.29. The summed E-state index contributed by atoms with van der Waals surface area (Å²) in [6.07, 6.45) is 1.34. The van der Waals surface area contributed by atoms with Crippen molar-refractivity contribution >= 4 is 17.7 Å². The Morgan fingerprint density at radius 1 is 1.17 bits per heavy atom. The van der Waals surface area contributed by atoms with E-state index in [0.717, 1.165) is 5.56 Å². The Hall–Kier alpha value is -4.18. The molecule has 0 aliphatic rings. The van der Waals surface area contributed by atoms with Crippen molar-refractivity contribution in [2.24, 2.45) is 0 Å². The van der Waals surface area contributed by atoms with Gasteiger partial charge in [0.05, 0.1) is 11.0 Å². The van der Waals surface area contributed by atoms with Crippen LogP contribution in [0.1, 0.15) is 24.3 Å². The standard InChI is InChI=1S/C22H17N3O4/c1-15(16-6-3-2-4-7-16)24-22(26)18(14-23)13-20-10-11-21(29-20)17-8-5-9-19(12-17)25(27)28/h2-13,15H,1H3,(H,24,26)/b18-13+/t15-/m1/s1. The molecule has 1 N–H and O–H groups in total. The van der Waals surface area contributed by atoms with Crippen LogP contribution in [0.25, 0.3) is 17.4 Å². The largest absolute Gasteiger partial charge is 0.457 e. The van der Waals surface area contributed by atoms with Crippen LogP contribution in [0, 0.1) is 21.4 Å². The zero-order valence-electron chi connectivity index (χ0n) is 15.5. The van der Waals surface area contributed by atoms with Crippen molar-refractivity contribution in [3.05, 3.63) is 93.7 Å². The summed E-state index contributed by atoms with van der Waals surface area (Å²) in [5.74, 6) is 0.179. The highest BCUT2D eigenvalue weighted by Gasteiger charge is 2.15. The first-order valence-corrected chi connectivity index (χ1v) is 8.80. The van der Waals surface area contributed by atoms with Gasteiger partial charge in [-0.3, -0.25) is 14.9 Å². The third-order valence-corrected chi connectivity index (χ3v) is 4.27. The van der Waals surface area contributed by atoms with Gasteiger partial charge in [0.15, 0.2) is 0 Å². The van der Waals surface area contributed by atoms with Crippen molar-refractivity contribution < 1.29 is 14.1 Å². The van der Waals surface area contributed by atoms with Crippen LogP contribution in [0.15, 0.2) is 76.7 Å². The molecule has 0 fully saturated rings. The molecule has 0 aliphatic heterocycles. The fourth-order valence-electron chi connectivity index (χ4n) is 2.75. The number of hydrogen-bond donors (Lipinski definition) is 1. The van der Waals surface area contributed by atoms with E-state index >= 15 is 0 Å². The zero-order chi connectivity index (χ0) is 20.8. The summed E-state index contributed by atoms with van der Waals surface area (Å²) in [7, 11) is 0. The van der Waals surface area contributed by atoms with Crippen molar-refractivity contribution in [1.82, 2.24) is 5.32 Å². The molecule has 29 heavy (non-hydrogen) atoms. The average molecular weight is 387 g/mol. The first kappa shape index (κ1) is 19.6. The summed E-state index contributed by atoms with van der Waals surface area (Å²) < 4.78 is 5.65. The topological polar surface area (TPSA) is 109 Å².